The number of nitrogens with zero attached hydrogens (tertiary/aromatic N) is 4. The summed E-state index contributed by atoms with van der Waals surface area (Å²) in [6.07, 6.45) is -0.0603. The number of nitrogens with two attached hydrogens (primary N) is 1. The van der Waals surface area contributed by atoms with Crippen LogP contribution in [0.1, 0.15) is 34.1 Å². The first kappa shape index (κ1) is 29.6. The van der Waals surface area contributed by atoms with E-state index in [-0.39, 0.29) is 35.9 Å². The van der Waals surface area contributed by atoms with Crippen molar-refractivity contribution in [3.05, 3.63) is 36.7 Å². The average Bonchev–Trinajstić information content (AvgIpc) is 3.53. The van der Waals surface area contributed by atoms with E-state index in [4.69, 9.17) is 33.7 Å². The second kappa shape index (κ2) is 12.5. The molecule has 4 rings (SSSR count). The summed E-state index contributed by atoms with van der Waals surface area (Å²) in [6.45, 7) is 5.85. The number of nitrogen functional groups attached to an aromatic ring is 1. The SMILES string of the molecule is CCOc1nc(N)nc2c1ncn2[C@@H]1OCC(CO)(COP(=O)(NC(C)C(=O)OC(C)C)Oc2ccccc2)O1. The molecule has 3 unspecified atom stereocenters. The average molecular weight is 581 g/mol. The molecule has 16 heteroatoms. The van der Waals surface area contributed by atoms with Crippen LogP contribution in [0.5, 0.6) is 11.6 Å². The number of hydrogen-bond donors (Lipinski definition) is 3. The van der Waals surface area contributed by atoms with Crippen LogP contribution < -0.4 is 20.1 Å². The molecule has 4 atom stereocenters. The summed E-state index contributed by atoms with van der Waals surface area (Å²) in [7, 11) is -4.21. The predicted molar refractivity (Wildman–Crippen MR) is 141 cm³/mol. The Bertz CT molecular complexity index is 1360. The van der Waals surface area contributed by atoms with E-state index in [0.717, 1.165) is 0 Å². The lowest BCUT2D eigenvalue weighted by Gasteiger charge is -2.28. The van der Waals surface area contributed by atoms with Crippen LogP contribution in [0.2, 0.25) is 0 Å². The van der Waals surface area contributed by atoms with Crippen LogP contribution in [-0.4, -0.2) is 74.8 Å². The summed E-state index contributed by atoms with van der Waals surface area (Å²) in [4.78, 5) is 25.0. The first-order valence-corrected chi connectivity index (χ1v) is 14.1. The number of aliphatic hydroxyl groups excluding tert-OH is 1. The number of anilines is 1. The molecule has 3 aromatic rings. The lowest BCUT2D eigenvalue weighted by molar-refractivity contribution is -0.156. The van der Waals surface area contributed by atoms with Crippen LogP contribution in [0, 0.1) is 0 Å². The maximum Gasteiger partial charge on any atom is 0.459 e. The molecule has 15 nitrogen and oxygen atoms in total. The van der Waals surface area contributed by atoms with Gasteiger partial charge in [-0.3, -0.25) is 13.9 Å². The molecular formula is C24H33N6O9P. The van der Waals surface area contributed by atoms with Gasteiger partial charge >= 0.3 is 13.7 Å². The number of rotatable bonds is 13. The Morgan fingerprint density at radius 2 is 2.05 bits per heavy atom. The molecule has 2 aromatic heterocycles. The highest BCUT2D eigenvalue weighted by Crippen LogP contribution is 2.46. The topological polar surface area (TPSA) is 191 Å². The maximum absolute atomic E-state index is 13.8. The van der Waals surface area contributed by atoms with Crippen molar-refractivity contribution in [3.8, 4) is 11.6 Å². The largest absolute Gasteiger partial charge is 0.476 e. The monoisotopic (exact) mass is 580 g/mol. The zero-order valence-electron chi connectivity index (χ0n) is 22.6. The standard InChI is InChI=1S/C24H33N6O9P/c1-5-34-20-18-19(27-22(25)28-20)30(14-26-18)23-35-12-24(11-31,38-23)13-36-40(33,39-17-9-7-6-8-10-17)29-16(4)21(32)37-15(2)3/h6-10,14-16,23,31H,5,11-13H2,1-4H3,(H,29,33)(H2,25,27,28)/t16?,23-,24?,40?/m1/s1. The number of carbonyl (C=O) groups is 1. The fourth-order valence-corrected chi connectivity index (χ4v) is 5.25. The van der Waals surface area contributed by atoms with Gasteiger partial charge in [0.25, 0.3) is 0 Å². The van der Waals surface area contributed by atoms with Gasteiger partial charge in [0.05, 0.1) is 32.5 Å². The molecular weight excluding hydrogens is 547 g/mol. The second-order valence-corrected chi connectivity index (χ2v) is 10.9. The van der Waals surface area contributed by atoms with Crippen LogP contribution in [-0.2, 0) is 28.1 Å². The first-order chi connectivity index (χ1) is 19.1. The van der Waals surface area contributed by atoms with Crippen molar-refractivity contribution in [2.45, 2.75) is 51.9 Å². The highest BCUT2D eigenvalue weighted by Gasteiger charge is 2.46. The van der Waals surface area contributed by atoms with Crippen LogP contribution in [0.25, 0.3) is 11.2 Å². The third kappa shape index (κ3) is 6.86. The van der Waals surface area contributed by atoms with E-state index in [0.29, 0.717) is 12.1 Å². The molecule has 0 radical (unpaired) electrons. The number of hydrogen-bond acceptors (Lipinski definition) is 13. The van der Waals surface area contributed by atoms with Crippen molar-refractivity contribution in [2.75, 3.05) is 32.2 Å². The molecule has 40 heavy (non-hydrogen) atoms. The zero-order valence-corrected chi connectivity index (χ0v) is 23.4. The van der Waals surface area contributed by atoms with Gasteiger partial charge in [0.1, 0.15) is 23.7 Å². The van der Waals surface area contributed by atoms with Crippen LogP contribution in [0.15, 0.2) is 36.7 Å². The number of imidazole rings is 1. The highest BCUT2D eigenvalue weighted by molar-refractivity contribution is 7.52. The molecule has 0 amide bonds. The van der Waals surface area contributed by atoms with Gasteiger partial charge in [0, 0.05) is 0 Å². The van der Waals surface area contributed by atoms with Crippen molar-refractivity contribution in [1.82, 2.24) is 24.6 Å². The first-order valence-electron chi connectivity index (χ1n) is 12.6. The fraction of sp³-hybridized carbons (Fsp3) is 0.500. The van der Waals surface area contributed by atoms with Gasteiger partial charge in [-0.2, -0.15) is 15.1 Å². The van der Waals surface area contributed by atoms with Crippen molar-refractivity contribution < 1.29 is 42.5 Å². The van der Waals surface area contributed by atoms with Gasteiger partial charge in [-0.15, -0.1) is 0 Å². The molecule has 0 bridgehead atoms. The summed E-state index contributed by atoms with van der Waals surface area (Å²) in [5.41, 5.74) is 5.01. The summed E-state index contributed by atoms with van der Waals surface area (Å²) in [6, 6.07) is 7.25. The van der Waals surface area contributed by atoms with Gasteiger partial charge in [-0.05, 0) is 39.8 Å². The molecule has 0 saturated carbocycles. The Labute approximate surface area is 230 Å². The van der Waals surface area contributed by atoms with E-state index in [9.17, 15) is 14.5 Å². The van der Waals surface area contributed by atoms with Crippen molar-refractivity contribution in [2.24, 2.45) is 0 Å². The number of ether oxygens (including phenoxy) is 4. The highest BCUT2D eigenvalue weighted by atomic mass is 31.2. The normalized spacial score (nSPS) is 21.3. The maximum atomic E-state index is 13.8. The Morgan fingerprint density at radius 1 is 1.30 bits per heavy atom. The minimum absolute atomic E-state index is 0.0392. The third-order valence-corrected chi connectivity index (χ3v) is 7.19. The molecule has 4 N–H and O–H groups in total. The van der Waals surface area contributed by atoms with Crippen LogP contribution in [0.3, 0.4) is 0 Å². The van der Waals surface area contributed by atoms with Crippen LogP contribution >= 0.6 is 7.75 Å². The van der Waals surface area contributed by atoms with Crippen molar-refractivity contribution >= 4 is 30.8 Å². The molecule has 0 aliphatic carbocycles. The van der Waals surface area contributed by atoms with E-state index in [1.807, 2.05) is 0 Å². The number of carbonyl (C=O) groups excluding carboxylic acids is 1. The minimum Gasteiger partial charge on any atom is -0.476 e. The summed E-state index contributed by atoms with van der Waals surface area (Å²) in [5.74, 6) is -0.251. The molecule has 3 heterocycles. The van der Waals surface area contributed by atoms with E-state index < -0.39 is 45.0 Å². The number of aliphatic hydroxyl groups is 1. The quantitative estimate of drug-likeness (QED) is 0.197. The third-order valence-electron chi connectivity index (χ3n) is 5.57. The fourth-order valence-electron chi connectivity index (χ4n) is 3.68. The number of esters is 1. The Balaban J connectivity index is 1.53. The Morgan fingerprint density at radius 3 is 2.73 bits per heavy atom. The molecule has 1 aliphatic rings. The molecule has 218 valence electrons. The Hall–Kier alpha value is -3.33. The second-order valence-electron chi connectivity index (χ2n) is 9.23. The van der Waals surface area contributed by atoms with Gasteiger partial charge < -0.3 is 34.3 Å². The van der Waals surface area contributed by atoms with Gasteiger partial charge in [-0.25, -0.2) is 9.55 Å². The molecule has 1 fully saturated rings. The van der Waals surface area contributed by atoms with E-state index >= 15 is 0 Å². The molecule has 1 aliphatic heterocycles. The number of para-hydroxylation sites is 1. The van der Waals surface area contributed by atoms with Crippen molar-refractivity contribution in [1.29, 1.82) is 0 Å². The summed E-state index contributed by atoms with van der Waals surface area (Å²) in [5, 5.41) is 12.9. The van der Waals surface area contributed by atoms with Gasteiger partial charge in [0.15, 0.2) is 11.2 Å². The van der Waals surface area contributed by atoms with E-state index in [1.54, 1.807) is 51.1 Å². The number of nitrogens with one attached hydrogen (secondary N) is 1. The summed E-state index contributed by atoms with van der Waals surface area (Å²) >= 11 is 0. The predicted octanol–water partition coefficient (Wildman–Crippen LogP) is 2.17. The number of benzene rings is 1. The zero-order chi connectivity index (χ0) is 28.9. The lowest BCUT2D eigenvalue weighted by atomic mass is 10.1. The number of fused-ring (bicyclic) bond motifs is 1. The molecule has 1 aromatic carbocycles. The Kier molecular flexibility index (Phi) is 9.23. The van der Waals surface area contributed by atoms with E-state index in [2.05, 4.69) is 20.0 Å². The van der Waals surface area contributed by atoms with Crippen molar-refractivity contribution in [3.63, 3.8) is 0 Å². The summed E-state index contributed by atoms with van der Waals surface area (Å²) < 4.78 is 49.2. The molecule has 0 spiro atoms. The molecule has 1 saturated heterocycles. The smallest absolute Gasteiger partial charge is 0.459 e. The van der Waals surface area contributed by atoms with Gasteiger partial charge in [-0.1, -0.05) is 18.2 Å². The minimum atomic E-state index is -4.21. The number of aromatic nitrogens is 4. The van der Waals surface area contributed by atoms with Crippen LogP contribution in [0.4, 0.5) is 5.95 Å². The van der Waals surface area contributed by atoms with E-state index in [1.165, 1.54) is 17.8 Å². The van der Waals surface area contributed by atoms with Gasteiger partial charge in [0.2, 0.25) is 18.2 Å². The lowest BCUT2D eigenvalue weighted by Crippen LogP contribution is -2.43.